The molecular weight excluding hydrogens is 234 g/mol. The number of carboxylic acid groups (broad SMARTS) is 1. The summed E-state index contributed by atoms with van der Waals surface area (Å²) in [5.74, 6) is -0.779. The smallest absolute Gasteiger partial charge is 0.305 e. The van der Waals surface area contributed by atoms with Gasteiger partial charge in [0.25, 0.3) is 0 Å². The molecular formula is C12H19N3O3. The van der Waals surface area contributed by atoms with Crippen molar-refractivity contribution in [1.29, 1.82) is 0 Å². The molecule has 1 N–H and O–H groups in total. The molecule has 0 bridgehead atoms. The first kappa shape index (κ1) is 13.0. The number of hydrogen-bond acceptors (Lipinski definition) is 4. The molecule has 0 amide bonds. The Labute approximate surface area is 106 Å². The summed E-state index contributed by atoms with van der Waals surface area (Å²) in [6.45, 7) is 4.64. The second-order valence-corrected chi connectivity index (χ2v) is 4.71. The molecule has 0 saturated carbocycles. The Morgan fingerprint density at radius 2 is 2.44 bits per heavy atom. The highest BCUT2D eigenvalue weighted by atomic mass is 16.5. The molecule has 1 aromatic heterocycles. The highest BCUT2D eigenvalue weighted by Crippen LogP contribution is 2.16. The SMILES string of the molecule is Cc1nn(C)cc1CN1CCOCC1CC(=O)O. The molecule has 2 rings (SSSR count). The molecule has 6 nitrogen and oxygen atoms in total. The van der Waals surface area contributed by atoms with E-state index in [2.05, 4.69) is 10.00 Å². The molecule has 100 valence electrons. The molecule has 0 spiro atoms. The third-order valence-electron chi connectivity index (χ3n) is 3.25. The number of aromatic nitrogens is 2. The van der Waals surface area contributed by atoms with Crippen LogP contribution in [-0.4, -0.2) is 51.6 Å². The third kappa shape index (κ3) is 3.08. The molecule has 0 aliphatic carbocycles. The molecule has 1 fully saturated rings. The number of rotatable bonds is 4. The lowest BCUT2D eigenvalue weighted by Crippen LogP contribution is -2.45. The van der Waals surface area contributed by atoms with E-state index in [0.717, 1.165) is 24.3 Å². The lowest BCUT2D eigenvalue weighted by Gasteiger charge is -2.34. The first-order chi connectivity index (χ1) is 8.56. The Morgan fingerprint density at radius 3 is 3.06 bits per heavy atom. The lowest BCUT2D eigenvalue weighted by atomic mass is 10.1. The summed E-state index contributed by atoms with van der Waals surface area (Å²) in [5.41, 5.74) is 2.15. The quantitative estimate of drug-likeness (QED) is 0.841. The van der Waals surface area contributed by atoms with Crippen molar-refractivity contribution in [3.8, 4) is 0 Å². The fourth-order valence-electron chi connectivity index (χ4n) is 2.31. The van der Waals surface area contributed by atoms with E-state index in [0.29, 0.717) is 13.2 Å². The van der Waals surface area contributed by atoms with Crippen LogP contribution in [0.3, 0.4) is 0 Å². The summed E-state index contributed by atoms with van der Waals surface area (Å²) in [4.78, 5) is 13.0. The van der Waals surface area contributed by atoms with Gasteiger partial charge in [0.1, 0.15) is 0 Å². The van der Waals surface area contributed by atoms with Gasteiger partial charge in [0, 0.05) is 37.9 Å². The number of aryl methyl sites for hydroxylation is 2. The minimum atomic E-state index is -0.779. The molecule has 1 unspecified atom stereocenters. The standard InChI is InChI=1S/C12H19N3O3/c1-9-10(6-14(2)13-9)7-15-3-4-18-8-11(15)5-12(16)17/h6,11H,3-5,7-8H2,1-2H3,(H,16,17). The van der Waals surface area contributed by atoms with E-state index < -0.39 is 5.97 Å². The van der Waals surface area contributed by atoms with Crippen LogP contribution in [0.4, 0.5) is 0 Å². The van der Waals surface area contributed by atoms with Crippen LogP contribution in [0, 0.1) is 6.92 Å². The first-order valence-electron chi connectivity index (χ1n) is 6.09. The van der Waals surface area contributed by atoms with E-state index >= 15 is 0 Å². The highest BCUT2D eigenvalue weighted by molar-refractivity contribution is 5.67. The third-order valence-corrected chi connectivity index (χ3v) is 3.25. The zero-order valence-electron chi connectivity index (χ0n) is 10.8. The summed E-state index contributed by atoms with van der Waals surface area (Å²) in [5, 5.41) is 13.2. The van der Waals surface area contributed by atoms with Gasteiger partial charge in [-0.3, -0.25) is 14.4 Å². The van der Waals surface area contributed by atoms with Gasteiger partial charge < -0.3 is 9.84 Å². The molecule has 0 radical (unpaired) electrons. The van der Waals surface area contributed by atoms with Crippen LogP contribution < -0.4 is 0 Å². The zero-order valence-corrected chi connectivity index (χ0v) is 10.8. The van der Waals surface area contributed by atoms with Crippen LogP contribution >= 0.6 is 0 Å². The van der Waals surface area contributed by atoms with E-state index in [4.69, 9.17) is 9.84 Å². The lowest BCUT2D eigenvalue weighted by molar-refractivity contribution is -0.140. The number of aliphatic carboxylic acids is 1. The number of ether oxygens (including phenoxy) is 1. The van der Waals surface area contributed by atoms with Gasteiger partial charge in [0.15, 0.2) is 0 Å². The maximum absolute atomic E-state index is 10.8. The van der Waals surface area contributed by atoms with Crippen LogP contribution in [-0.2, 0) is 23.1 Å². The van der Waals surface area contributed by atoms with Crippen molar-refractivity contribution in [1.82, 2.24) is 14.7 Å². The van der Waals surface area contributed by atoms with Crippen LogP contribution in [0.15, 0.2) is 6.20 Å². The topological polar surface area (TPSA) is 67.6 Å². The second-order valence-electron chi connectivity index (χ2n) is 4.71. The second kappa shape index (κ2) is 5.49. The van der Waals surface area contributed by atoms with Crippen molar-refractivity contribution >= 4 is 5.97 Å². The molecule has 6 heteroatoms. The number of carbonyl (C=O) groups is 1. The Hall–Kier alpha value is -1.40. The monoisotopic (exact) mass is 253 g/mol. The maximum atomic E-state index is 10.8. The van der Waals surface area contributed by atoms with Gasteiger partial charge >= 0.3 is 5.97 Å². The normalized spacial score (nSPS) is 21.1. The molecule has 1 saturated heterocycles. The Kier molecular flexibility index (Phi) is 3.98. The van der Waals surface area contributed by atoms with Crippen molar-refractivity contribution in [2.45, 2.75) is 25.9 Å². The summed E-state index contributed by atoms with van der Waals surface area (Å²) >= 11 is 0. The number of carboxylic acids is 1. The van der Waals surface area contributed by atoms with E-state index in [-0.39, 0.29) is 12.5 Å². The Balaban J connectivity index is 2.05. The van der Waals surface area contributed by atoms with E-state index in [1.807, 2.05) is 20.2 Å². The first-order valence-corrected chi connectivity index (χ1v) is 6.09. The van der Waals surface area contributed by atoms with Crippen LogP contribution in [0.2, 0.25) is 0 Å². The van der Waals surface area contributed by atoms with Crippen LogP contribution in [0.25, 0.3) is 0 Å². The molecule has 1 aliphatic heterocycles. The van der Waals surface area contributed by atoms with Gasteiger partial charge in [-0.15, -0.1) is 0 Å². The van der Waals surface area contributed by atoms with Gasteiger partial charge in [-0.1, -0.05) is 0 Å². The summed E-state index contributed by atoms with van der Waals surface area (Å²) in [6, 6.07) is -0.0455. The fourth-order valence-corrected chi connectivity index (χ4v) is 2.31. The highest BCUT2D eigenvalue weighted by Gasteiger charge is 2.26. The largest absolute Gasteiger partial charge is 0.481 e. The van der Waals surface area contributed by atoms with Crippen molar-refractivity contribution in [3.63, 3.8) is 0 Å². The van der Waals surface area contributed by atoms with Crippen molar-refractivity contribution in [3.05, 3.63) is 17.5 Å². The average molecular weight is 253 g/mol. The molecule has 1 atom stereocenters. The van der Waals surface area contributed by atoms with Crippen LogP contribution in [0.1, 0.15) is 17.7 Å². The van der Waals surface area contributed by atoms with Gasteiger partial charge in [0.05, 0.1) is 25.3 Å². The fraction of sp³-hybridized carbons (Fsp3) is 0.667. The van der Waals surface area contributed by atoms with Gasteiger partial charge in [-0.2, -0.15) is 5.10 Å². The summed E-state index contributed by atoms with van der Waals surface area (Å²) < 4.78 is 7.15. The predicted octanol–water partition coefficient (Wildman–Crippen LogP) is 0.404. The van der Waals surface area contributed by atoms with E-state index in [9.17, 15) is 4.79 Å². The van der Waals surface area contributed by atoms with Gasteiger partial charge in [-0.05, 0) is 6.92 Å². The molecule has 0 aromatic carbocycles. The minimum Gasteiger partial charge on any atom is -0.481 e. The maximum Gasteiger partial charge on any atom is 0.305 e. The average Bonchev–Trinajstić information content (AvgIpc) is 2.59. The summed E-state index contributed by atoms with van der Waals surface area (Å²) in [6.07, 6.45) is 2.11. The van der Waals surface area contributed by atoms with Crippen molar-refractivity contribution in [2.24, 2.45) is 7.05 Å². The predicted molar refractivity (Wildman–Crippen MR) is 65.2 cm³/mol. The van der Waals surface area contributed by atoms with E-state index in [1.165, 1.54) is 0 Å². The molecule has 2 heterocycles. The molecule has 18 heavy (non-hydrogen) atoms. The minimum absolute atomic E-state index is 0.0455. The van der Waals surface area contributed by atoms with Crippen molar-refractivity contribution < 1.29 is 14.6 Å². The number of morpholine rings is 1. The Bertz CT molecular complexity index is 430. The van der Waals surface area contributed by atoms with Crippen molar-refractivity contribution in [2.75, 3.05) is 19.8 Å². The summed E-state index contributed by atoms with van der Waals surface area (Å²) in [7, 11) is 1.89. The zero-order chi connectivity index (χ0) is 13.1. The molecule has 1 aromatic rings. The Morgan fingerprint density at radius 1 is 1.67 bits per heavy atom. The number of nitrogens with zero attached hydrogens (tertiary/aromatic N) is 3. The van der Waals surface area contributed by atoms with E-state index in [1.54, 1.807) is 4.68 Å². The van der Waals surface area contributed by atoms with Gasteiger partial charge in [0.2, 0.25) is 0 Å². The molecule has 1 aliphatic rings. The number of hydrogen-bond donors (Lipinski definition) is 1. The van der Waals surface area contributed by atoms with Crippen LogP contribution in [0.5, 0.6) is 0 Å². The van der Waals surface area contributed by atoms with Gasteiger partial charge in [-0.25, -0.2) is 0 Å².